The molecule has 1 atom stereocenters. The number of aliphatic hydroxyl groups is 1. The van der Waals surface area contributed by atoms with Crippen molar-refractivity contribution < 1.29 is 9.52 Å². The van der Waals surface area contributed by atoms with Crippen LogP contribution in [0.2, 0.25) is 0 Å². The Bertz CT molecular complexity index is 535. The molecule has 2 rings (SSSR count). The van der Waals surface area contributed by atoms with Gasteiger partial charge >= 0.3 is 0 Å². The molecule has 0 spiro atoms. The Morgan fingerprint density at radius 3 is 2.67 bits per heavy atom. The summed E-state index contributed by atoms with van der Waals surface area (Å²) in [4.78, 5) is 7.02. The second kappa shape index (κ2) is 8.53. The van der Waals surface area contributed by atoms with Crippen LogP contribution in [0.15, 0.2) is 21.5 Å². The summed E-state index contributed by atoms with van der Waals surface area (Å²) in [6.07, 6.45) is 2.65. The maximum Gasteiger partial charge on any atom is 0.191 e. The van der Waals surface area contributed by atoms with E-state index < -0.39 is 5.60 Å². The maximum atomic E-state index is 10.6. The van der Waals surface area contributed by atoms with E-state index in [9.17, 15) is 5.11 Å². The van der Waals surface area contributed by atoms with Crippen LogP contribution in [0, 0.1) is 6.92 Å². The molecule has 6 nitrogen and oxygen atoms in total. The van der Waals surface area contributed by atoms with Gasteiger partial charge in [0.05, 0.1) is 6.54 Å². The van der Waals surface area contributed by atoms with E-state index in [0.717, 1.165) is 43.9 Å². The van der Waals surface area contributed by atoms with E-state index >= 15 is 0 Å². The molecule has 0 aromatic carbocycles. The van der Waals surface area contributed by atoms with Crippen molar-refractivity contribution in [1.29, 1.82) is 0 Å². The van der Waals surface area contributed by atoms with Crippen molar-refractivity contribution in [2.24, 2.45) is 4.99 Å². The highest BCUT2D eigenvalue weighted by Gasteiger charge is 2.28. The highest BCUT2D eigenvalue weighted by atomic mass is 16.4. The molecule has 1 aliphatic rings. The first kappa shape index (κ1) is 18.8. The fourth-order valence-corrected chi connectivity index (χ4v) is 2.73. The molecule has 0 radical (unpaired) electrons. The third kappa shape index (κ3) is 5.53. The summed E-state index contributed by atoms with van der Waals surface area (Å²) >= 11 is 0. The molecule has 1 unspecified atom stereocenters. The summed E-state index contributed by atoms with van der Waals surface area (Å²) in [6.45, 7) is 11.8. The van der Waals surface area contributed by atoms with Crippen molar-refractivity contribution >= 4 is 5.96 Å². The number of hydrogen-bond acceptors (Lipinski definition) is 4. The van der Waals surface area contributed by atoms with E-state index in [2.05, 4.69) is 27.4 Å². The van der Waals surface area contributed by atoms with Crippen LogP contribution in [-0.4, -0.2) is 54.7 Å². The van der Waals surface area contributed by atoms with Crippen molar-refractivity contribution in [2.75, 3.05) is 32.7 Å². The van der Waals surface area contributed by atoms with Crippen molar-refractivity contribution in [3.63, 3.8) is 0 Å². The molecule has 3 N–H and O–H groups in total. The van der Waals surface area contributed by atoms with E-state index in [1.807, 2.05) is 19.9 Å². The summed E-state index contributed by atoms with van der Waals surface area (Å²) in [5.41, 5.74) is -1.11. The van der Waals surface area contributed by atoms with Crippen LogP contribution < -0.4 is 10.6 Å². The van der Waals surface area contributed by atoms with E-state index in [4.69, 9.17) is 4.42 Å². The number of rotatable bonds is 9. The quantitative estimate of drug-likeness (QED) is 0.474. The van der Waals surface area contributed by atoms with Gasteiger partial charge < -0.3 is 20.2 Å². The van der Waals surface area contributed by atoms with Crippen LogP contribution in [0.1, 0.15) is 45.1 Å². The molecule has 6 heteroatoms. The van der Waals surface area contributed by atoms with Gasteiger partial charge in [-0.25, -0.2) is 4.99 Å². The number of guanidine groups is 1. The fraction of sp³-hybridized carbons (Fsp3) is 0.722. The van der Waals surface area contributed by atoms with E-state index in [1.54, 1.807) is 13.0 Å². The molecule has 1 aromatic heterocycles. The average molecular weight is 336 g/mol. The summed E-state index contributed by atoms with van der Waals surface area (Å²) < 4.78 is 5.53. The molecule has 136 valence electrons. The summed E-state index contributed by atoms with van der Waals surface area (Å²) in [5, 5.41) is 17.2. The molecule has 1 fully saturated rings. The van der Waals surface area contributed by atoms with Gasteiger partial charge in [-0.2, -0.15) is 0 Å². The normalized spacial score (nSPS) is 17.8. The van der Waals surface area contributed by atoms with E-state index in [1.165, 1.54) is 12.8 Å². The zero-order valence-corrected chi connectivity index (χ0v) is 15.4. The lowest BCUT2D eigenvalue weighted by Gasteiger charge is -2.22. The lowest BCUT2D eigenvalue weighted by atomic mass is 10.0. The average Bonchev–Trinajstić information content (AvgIpc) is 3.29. The lowest BCUT2D eigenvalue weighted by molar-refractivity contribution is 0.0428. The molecule has 24 heavy (non-hydrogen) atoms. The predicted octanol–water partition coefficient (Wildman–Crippen LogP) is 1.83. The molecule has 0 saturated heterocycles. The Hall–Kier alpha value is -1.53. The van der Waals surface area contributed by atoms with Crippen molar-refractivity contribution in [1.82, 2.24) is 15.5 Å². The Morgan fingerprint density at radius 1 is 1.38 bits per heavy atom. The van der Waals surface area contributed by atoms with Gasteiger partial charge in [0, 0.05) is 25.7 Å². The molecular weight excluding hydrogens is 304 g/mol. The standard InChI is InChI=1S/C18H32N4O2/c1-5-19-17(20-11-12-22(6-2)15-8-9-15)21-13-18(4,23)16-10-7-14(3)24-16/h7,10,15,23H,5-6,8-9,11-13H2,1-4H3,(H2,19,20,21). The summed E-state index contributed by atoms with van der Waals surface area (Å²) in [6, 6.07) is 4.44. The number of aliphatic imine (C=N–C) groups is 1. The Morgan fingerprint density at radius 2 is 2.12 bits per heavy atom. The number of nitrogens with zero attached hydrogens (tertiary/aromatic N) is 2. The second-order valence-corrected chi connectivity index (χ2v) is 6.67. The highest BCUT2D eigenvalue weighted by molar-refractivity contribution is 5.79. The maximum absolute atomic E-state index is 10.6. The molecule has 1 aliphatic carbocycles. The number of furan rings is 1. The number of likely N-dealkylation sites (N-methyl/N-ethyl adjacent to an activating group) is 1. The van der Waals surface area contributed by atoms with Crippen LogP contribution >= 0.6 is 0 Å². The minimum absolute atomic E-state index is 0.245. The van der Waals surface area contributed by atoms with E-state index in [-0.39, 0.29) is 6.54 Å². The van der Waals surface area contributed by atoms with Crippen LogP contribution in [0.3, 0.4) is 0 Å². The largest absolute Gasteiger partial charge is 0.463 e. The lowest BCUT2D eigenvalue weighted by Crippen LogP contribution is -2.42. The minimum atomic E-state index is -1.11. The first-order valence-corrected chi connectivity index (χ1v) is 9.01. The first-order valence-electron chi connectivity index (χ1n) is 9.01. The predicted molar refractivity (Wildman–Crippen MR) is 97.3 cm³/mol. The van der Waals surface area contributed by atoms with Gasteiger partial charge in [-0.1, -0.05) is 6.92 Å². The number of hydrogen-bond donors (Lipinski definition) is 3. The monoisotopic (exact) mass is 336 g/mol. The first-order chi connectivity index (χ1) is 11.5. The van der Waals surface area contributed by atoms with Gasteiger partial charge in [-0.05, 0) is 52.3 Å². The molecule has 1 saturated carbocycles. The van der Waals surface area contributed by atoms with Gasteiger partial charge in [-0.15, -0.1) is 0 Å². The minimum Gasteiger partial charge on any atom is -0.463 e. The molecule has 0 aliphatic heterocycles. The van der Waals surface area contributed by atoms with Crippen LogP contribution in [0.25, 0.3) is 0 Å². The Labute approximate surface area is 145 Å². The van der Waals surface area contributed by atoms with Crippen molar-refractivity contribution in [3.8, 4) is 0 Å². The van der Waals surface area contributed by atoms with Crippen molar-refractivity contribution in [2.45, 2.75) is 52.2 Å². The highest BCUT2D eigenvalue weighted by Crippen LogP contribution is 2.26. The Kier molecular flexibility index (Phi) is 6.69. The third-order valence-electron chi connectivity index (χ3n) is 4.32. The molecular formula is C18H32N4O2. The summed E-state index contributed by atoms with van der Waals surface area (Å²) in [5.74, 6) is 2.07. The van der Waals surface area contributed by atoms with Crippen LogP contribution in [-0.2, 0) is 5.60 Å². The van der Waals surface area contributed by atoms with Gasteiger partial charge in [-0.3, -0.25) is 4.90 Å². The molecule has 1 aromatic rings. The van der Waals surface area contributed by atoms with Gasteiger partial charge in [0.25, 0.3) is 0 Å². The van der Waals surface area contributed by atoms with Crippen LogP contribution in [0.5, 0.6) is 0 Å². The third-order valence-corrected chi connectivity index (χ3v) is 4.32. The fourth-order valence-electron chi connectivity index (χ4n) is 2.73. The van der Waals surface area contributed by atoms with Gasteiger partial charge in [0.1, 0.15) is 17.1 Å². The van der Waals surface area contributed by atoms with Crippen LogP contribution in [0.4, 0.5) is 0 Å². The smallest absolute Gasteiger partial charge is 0.191 e. The van der Waals surface area contributed by atoms with Crippen molar-refractivity contribution in [3.05, 3.63) is 23.7 Å². The number of aryl methyl sites for hydroxylation is 1. The molecule has 0 bridgehead atoms. The zero-order chi connectivity index (χ0) is 17.6. The topological polar surface area (TPSA) is 73.0 Å². The number of nitrogens with one attached hydrogen (secondary N) is 2. The van der Waals surface area contributed by atoms with Gasteiger partial charge in [0.15, 0.2) is 5.96 Å². The summed E-state index contributed by atoms with van der Waals surface area (Å²) in [7, 11) is 0. The zero-order valence-electron chi connectivity index (χ0n) is 15.4. The SMILES string of the molecule is CCNC(=NCC(C)(O)c1ccc(C)o1)NCCN(CC)C1CC1. The van der Waals surface area contributed by atoms with E-state index in [0.29, 0.717) is 5.76 Å². The Balaban J connectivity index is 1.87. The van der Waals surface area contributed by atoms with Gasteiger partial charge in [0.2, 0.25) is 0 Å². The molecule has 1 heterocycles. The molecule has 0 amide bonds. The second-order valence-electron chi connectivity index (χ2n) is 6.67.